The number of nitrogens with zero attached hydrogens (tertiary/aromatic N) is 6. The Hall–Kier alpha value is -2.44. The van der Waals surface area contributed by atoms with Crippen LogP contribution in [0.4, 0.5) is 0 Å². The molecular weight excluding hydrogens is 364 g/mol. The van der Waals surface area contributed by atoms with Gasteiger partial charge in [0.1, 0.15) is 17.8 Å². The predicted molar refractivity (Wildman–Crippen MR) is 112 cm³/mol. The fraction of sp³-hybridized carbons (Fsp3) is 0.636. The van der Waals surface area contributed by atoms with Crippen LogP contribution in [0.1, 0.15) is 76.1 Å². The molecule has 0 radical (unpaired) electrons. The Morgan fingerprint density at radius 1 is 1.28 bits per heavy atom. The van der Waals surface area contributed by atoms with Crippen molar-refractivity contribution in [1.29, 1.82) is 0 Å². The van der Waals surface area contributed by atoms with Crippen LogP contribution in [0.15, 0.2) is 17.0 Å². The first kappa shape index (κ1) is 19.9. The summed E-state index contributed by atoms with van der Waals surface area (Å²) in [5, 5.41) is 13.5. The third-order valence-electron chi connectivity index (χ3n) is 6.57. The fourth-order valence-corrected chi connectivity index (χ4v) is 4.75. The van der Waals surface area contributed by atoms with Crippen LogP contribution in [-0.4, -0.2) is 29.7 Å². The Kier molecular flexibility index (Phi) is 5.09. The van der Waals surface area contributed by atoms with Crippen molar-refractivity contribution in [2.24, 2.45) is 13.0 Å². The molecule has 1 atom stereocenters. The summed E-state index contributed by atoms with van der Waals surface area (Å²) in [6.45, 7) is 11.0. The molecule has 0 saturated carbocycles. The van der Waals surface area contributed by atoms with Gasteiger partial charge in [-0.15, -0.1) is 5.10 Å². The fourth-order valence-electron chi connectivity index (χ4n) is 4.75. The molecule has 29 heavy (non-hydrogen) atoms. The van der Waals surface area contributed by atoms with Gasteiger partial charge in [0.05, 0.1) is 11.9 Å². The van der Waals surface area contributed by atoms with E-state index in [1.54, 1.807) is 0 Å². The predicted octanol–water partition coefficient (Wildman–Crippen LogP) is 4.28. The number of aromatic nitrogens is 6. The van der Waals surface area contributed by atoms with Crippen molar-refractivity contribution in [2.75, 3.05) is 0 Å². The zero-order valence-corrected chi connectivity index (χ0v) is 18.4. The lowest BCUT2D eigenvalue weighted by Gasteiger charge is -2.36. The summed E-state index contributed by atoms with van der Waals surface area (Å²) in [5.74, 6) is 2.37. The van der Waals surface area contributed by atoms with Crippen LogP contribution in [0.2, 0.25) is 0 Å². The molecule has 0 aromatic carbocycles. The molecule has 0 aliphatic heterocycles. The lowest BCUT2D eigenvalue weighted by Crippen LogP contribution is -2.33. The maximum absolute atomic E-state index is 5.63. The smallest absolute Gasteiger partial charge is 0.199 e. The topological polar surface area (TPSA) is 74.6 Å². The van der Waals surface area contributed by atoms with Crippen molar-refractivity contribution in [1.82, 2.24) is 29.7 Å². The minimum Gasteiger partial charge on any atom is -0.361 e. The Labute approximate surface area is 172 Å². The Morgan fingerprint density at radius 3 is 2.76 bits per heavy atom. The van der Waals surface area contributed by atoms with Crippen LogP contribution in [0.3, 0.4) is 0 Å². The first-order valence-electron chi connectivity index (χ1n) is 10.7. The first-order valence-corrected chi connectivity index (χ1v) is 10.7. The standard InChI is InChI=1S/C22H32N6O/c1-7-18-17(19(27(6)25-18)21-23-13-28(26-21)14(2)3)11-10-16-9-8-15-12-24-29-20(15)22(16,4)5/h12-14,16H,7-11H2,1-6H3/t16-/m0/s1. The molecule has 3 heterocycles. The number of fused-ring (bicyclic) bond motifs is 1. The van der Waals surface area contributed by atoms with E-state index in [0.717, 1.165) is 48.7 Å². The molecule has 156 valence electrons. The van der Waals surface area contributed by atoms with Crippen LogP contribution in [0.25, 0.3) is 11.5 Å². The van der Waals surface area contributed by atoms with Crippen molar-refractivity contribution in [3.8, 4) is 11.5 Å². The second-order valence-corrected chi connectivity index (χ2v) is 9.07. The normalized spacial score (nSPS) is 18.4. The van der Waals surface area contributed by atoms with Gasteiger partial charge in [-0.2, -0.15) is 5.10 Å². The number of rotatable bonds is 6. The second-order valence-electron chi connectivity index (χ2n) is 9.07. The molecule has 7 nitrogen and oxygen atoms in total. The quantitative estimate of drug-likeness (QED) is 0.621. The Balaban J connectivity index is 1.62. The molecule has 3 aromatic rings. The van der Waals surface area contributed by atoms with E-state index in [2.05, 4.69) is 44.8 Å². The molecule has 0 saturated heterocycles. The van der Waals surface area contributed by atoms with Crippen LogP contribution in [-0.2, 0) is 31.7 Å². The average Bonchev–Trinajstić information content (AvgIpc) is 3.39. The zero-order chi connectivity index (χ0) is 20.8. The van der Waals surface area contributed by atoms with Crippen molar-refractivity contribution in [3.63, 3.8) is 0 Å². The van der Waals surface area contributed by atoms with Crippen LogP contribution in [0, 0.1) is 5.92 Å². The van der Waals surface area contributed by atoms with E-state index in [1.807, 2.05) is 28.9 Å². The van der Waals surface area contributed by atoms with Crippen LogP contribution in [0.5, 0.6) is 0 Å². The van der Waals surface area contributed by atoms with Gasteiger partial charge in [0.2, 0.25) is 0 Å². The summed E-state index contributed by atoms with van der Waals surface area (Å²) in [7, 11) is 2.00. The number of aryl methyl sites for hydroxylation is 3. The lowest BCUT2D eigenvalue weighted by molar-refractivity contribution is 0.201. The molecule has 0 bridgehead atoms. The van der Waals surface area contributed by atoms with Gasteiger partial charge in [-0.3, -0.25) is 4.68 Å². The minimum atomic E-state index is -0.00367. The Bertz CT molecular complexity index is 993. The average molecular weight is 397 g/mol. The molecule has 7 heteroatoms. The highest BCUT2D eigenvalue weighted by molar-refractivity contribution is 5.56. The highest BCUT2D eigenvalue weighted by Gasteiger charge is 2.40. The first-order chi connectivity index (χ1) is 13.8. The molecule has 4 rings (SSSR count). The molecule has 1 aliphatic carbocycles. The molecular formula is C22H32N6O. The molecule has 0 fully saturated rings. The number of hydrogen-bond donors (Lipinski definition) is 0. The summed E-state index contributed by atoms with van der Waals surface area (Å²) >= 11 is 0. The largest absolute Gasteiger partial charge is 0.361 e. The second kappa shape index (κ2) is 7.43. The van der Waals surface area contributed by atoms with Gasteiger partial charge in [-0.05, 0) is 51.9 Å². The molecule has 0 amide bonds. The van der Waals surface area contributed by atoms with E-state index in [4.69, 9.17) is 14.7 Å². The van der Waals surface area contributed by atoms with Crippen molar-refractivity contribution >= 4 is 0 Å². The van der Waals surface area contributed by atoms with Gasteiger partial charge in [0.15, 0.2) is 5.82 Å². The molecule has 0 N–H and O–H groups in total. The molecule has 0 spiro atoms. The summed E-state index contributed by atoms with van der Waals surface area (Å²) in [6.07, 6.45) is 8.89. The third kappa shape index (κ3) is 3.40. The zero-order valence-electron chi connectivity index (χ0n) is 18.4. The third-order valence-corrected chi connectivity index (χ3v) is 6.57. The van der Waals surface area contributed by atoms with Gasteiger partial charge in [0.25, 0.3) is 0 Å². The molecule has 1 aliphatic rings. The highest BCUT2D eigenvalue weighted by atomic mass is 16.5. The summed E-state index contributed by atoms with van der Waals surface area (Å²) in [5.41, 5.74) is 4.75. The SMILES string of the molecule is CCc1nn(C)c(-c2ncn(C(C)C)n2)c1CC[C@@H]1CCc2cnoc2C1(C)C. The van der Waals surface area contributed by atoms with Crippen LogP contribution >= 0.6 is 0 Å². The molecule has 0 unspecified atom stereocenters. The summed E-state index contributed by atoms with van der Waals surface area (Å²) < 4.78 is 9.49. The number of hydrogen-bond acceptors (Lipinski definition) is 5. The minimum absolute atomic E-state index is 0.00367. The van der Waals surface area contributed by atoms with Gasteiger partial charge in [-0.1, -0.05) is 25.9 Å². The van der Waals surface area contributed by atoms with Crippen molar-refractivity contribution in [3.05, 3.63) is 35.1 Å². The van der Waals surface area contributed by atoms with Crippen molar-refractivity contribution in [2.45, 2.75) is 78.2 Å². The van der Waals surface area contributed by atoms with E-state index >= 15 is 0 Å². The highest BCUT2D eigenvalue weighted by Crippen LogP contribution is 2.43. The molecule has 3 aromatic heterocycles. The van der Waals surface area contributed by atoms with Gasteiger partial charge < -0.3 is 4.52 Å². The maximum atomic E-state index is 5.63. The van der Waals surface area contributed by atoms with E-state index in [1.165, 1.54) is 17.5 Å². The van der Waals surface area contributed by atoms with Gasteiger partial charge >= 0.3 is 0 Å². The van der Waals surface area contributed by atoms with E-state index in [-0.39, 0.29) is 11.5 Å². The van der Waals surface area contributed by atoms with Crippen molar-refractivity contribution < 1.29 is 4.52 Å². The van der Waals surface area contributed by atoms with Gasteiger partial charge in [-0.25, -0.2) is 9.67 Å². The van der Waals surface area contributed by atoms with Crippen LogP contribution < -0.4 is 0 Å². The lowest BCUT2D eigenvalue weighted by atomic mass is 9.67. The van der Waals surface area contributed by atoms with E-state index in [0.29, 0.717) is 5.92 Å². The maximum Gasteiger partial charge on any atom is 0.199 e. The summed E-state index contributed by atoms with van der Waals surface area (Å²) in [6, 6.07) is 0.290. The Morgan fingerprint density at radius 2 is 2.07 bits per heavy atom. The van der Waals surface area contributed by atoms with Gasteiger partial charge in [0, 0.05) is 29.6 Å². The van der Waals surface area contributed by atoms with E-state index in [9.17, 15) is 0 Å². The monoisotopic (exact) mass is 396 g/mol. The summed E-state index contributed by atoms with van der Waals surface area (Å²) in [4.78, 5) is 4.59. The van der Waals surface area contributed by atoms with E-state index < -0.39 is 0 Å².